The molecule has 0 spiro atoms. The van der Waals surface area contributed by atoms with Crippen molar-refractivity contribution in [3.05, 3.63) is 28.2 Å². The first-order chi connectivity index (χ1) is 6.66. The molecule has 76 valence electrons. The standard InChI is InChI=1S/C12H15BrO/c1-8(2)11-5-3-9-7-10(13)4-6-12(9)14-11/h4,6-8,11H,3,5H2,1-2H3/t11-/m0/s1. The Hall–Kier alpha value is -0.500. The molecular formula is C12H15BrO. The fraction of sp³-hybridized carbons (Fsp3) is 0.500. The summed E-state index contributed by atoms with van der Waals surface area (Å²) < 4.78 is 7.07. The number of benzene rings is 1. The highest BCUT2D eigenvalue weighted by Gasteiger charge is 2.22. The maximum atomic E-state index is 5.93. The van der Waals surface area contributed by atoms with Crippen LogP contribution in [-0.4, -0.2) is 6.10 Å². The maximum absolute atomic E-state index is 5.93. The third-order valence-corrected chi connectivity index (χ3v) is 3.24. The van der Waals surface area contributed by atoms with Crippen molar-refractivity contribution in [3.63, 3.8) is 0 Å². The van der Waals surface area contributed by atoms with Crippen molar-refractivity contribution in [2.24, 2.45) is 5.92 Å². The molecule has 2 rings (SSSR count). The van der Waals surface area contributed by atoms with E-state index in [1.54, 1.807) is 0 Å². The number of hydrogen-bond acceptors (Lipinski definition) is 1. The van der Waals surface area contributed by atoms with Crippen LogP contribution in [0.15, 0.2) is 22.7 Å². The van der Waals surface area contributed by atoms with Gasteiger partial charge in [-0.25, -0.2) is 0 Å². The Labute approximate surface area is 93.6 Å². The topological polar surface area (TPSA) is 9.23 Å². The van der Waals surface area contributed by atoms with Crippen molar-refractivity contribution in [2.45, 2.75) is 32.8 Å². The second kappa shape index (κ2) is 3.93. The molecule has 0 unspecified atom stereocenters. The lowest BCUT2D eigenvalue weighted by molar-refractivity contribution is 0.127. The fourth-order valence-corrected chi connectivity index (χ4v) is 2.26. The van der Waals surface area contributed by atoms with Crippen LogP contribution in [0.4, 0.5) is 0 Å². The van der Waals surface area contributed by atoms with E-state index in [-0.39, 0.29) is 0 Å². The van der Waals surface area contributed by atoms with Crippen LogP contribution in [0.3, 0.4) is 0 Å². The maximum Gasteiger partial charge on any atom is 0.122 e. The van der Waals surface area contributed by atoms with E-state index in [2.05, 4.69) is 41.9 Å². The minimum Gasteiger partial charge on any atom is -0.490 e. The third-order valence-electron chi connectivity index (χ3n) is 2.74. The lowest BCUT2D eigenvalue weighted by atomic mass is 9.96. The molecule has 1 atom stereocenters. The molecule has 0 aromatic heterocycles. The normalized spacial score (nSPS) is 20.4. The lowest BCUT2D eigenvalue weighted by Gasteiger charge is -2.28. The first kappa shape index (κ1) is 10.0. The zero-order valence-corrected chi connectivity index (χ0v) is 10.2. The molecule has 0 amide bonds. The molecule has 14 heavy (non-hydrogen) atoms. The molecule has 0 fully saturated rings. The van der Waals surface area contributed by atoms with Gasteiger partial charge < -0.3 is 4.74 Å². The summed E-state index contributed by atoms with van der Waals surface area (Å²) in [5.74, 6) is 1.67. The largest absolute Gasteiger partial charge is 0.490 e. The van der Waals surface area contributed by atoms with E-state index in [9.17, 15) is 0 Å². The van der Waals surface area contributed by atoms with Crippen molar-refractivity contribution in [3.8, 4) is 5.75 Å². The molecule has 1 aliphatic rings. The molecule has 1 heterocycles. The molecule has 0 saturated heterocycles. The number of hydrogen-bond donors (Lipinski definition) is 0. The second-order valence-corrected chi connectivity index (χ2v) is 5.11. The SMILES string of the molecule is CC(C)[C@@H]1CCc2cc(Br)ccc2O1. The van der Waals surface area contributed by atoms with E-state index in [0.29, 0.717) is 12.0 Å². The van der Waals surface area contributed by atoms with Gasteiger partial charge in [0, 0.05) is 4.47 Å². The minimum absolute atomic E-state index is 0.392. The van der Waals surface area contributed by atoms with Gasteiger partial charge in [-0.05, 0) is 42.5 Å². The Morgan fingerprint density at radius 1 is 1.43 bits per heavy atom. The summed E-state index contributed by atoms with van der Waals surface area (Å²) in [5.41, 5.74) is 1.33. The van der Waals surface area contributed by atoms with Gasteiger partial charge in [0.05, 0.1) is 0 Å². The van der Waals surface area contributed by atoms with E-state index in [4.69, 9.17) is 4.74 Å². The Balaban J connectivity index is 2.23. The van der Waals surface area contributed by atoms with Crippen molar-refractivity contribution in [1.82, 2.24) is 0 Å². The summed E-state index contributed by atoms with van der Waals surface area (Å²) in [4.78, 5) is 0. The average molecular weight is 255 g/mol. The quantitative estimate of drug-likeness (QED) is 0.741. The second-order valence-electron chi connectivity index (χ2n) is 4.19. The van der Waals surface area contributed by atoms with Gasteiger partial charge >= 0.3 is 0 Å². The Bertz CT molecular complexity index is 333. The van der Waals surface area contributed by atoms with Crippen LogP contribution in [0, 0.1) is 5.92 Å². The highest BCUT2D eigenvalue weighted by molar-refractivity contribution is 9.10. The summed E-state index contributed by atoms with van der Waals surface area (Å²) >= 11 is 3.48. The summed E-state index contributed by atoms with van der Waals surface area (Å²) in [6, 6.07) is 6.27. The molecule has 1 aromatic carbocycles. The zero-order valence-electron chi connectivity index (χ0n) is 8.59. The summed E-state index contributed by atoms with van der Waals surface area (Å²) in [6.45, 7) is 4.43. The molecule has 0 radical (unpaired) electrons. The van der Waals surface area contributed by atoms with Crippen LogP contribution >= 0.6 is 15.9 Å². The van der Waals surface area contributed by atoms with Gasteiger partial charge in [0.15, 0.2) is 0 Å². The predicted molar refractivity (Wildman–Crippen MR) is 61.7 cm³/mol. The van der Waals surface area contributed by atoms with Crippen molar-refractivity contribution >= 4 is 15.9 Å². The number of aryl methyl sites for hydroxylation is 1. The van der Waals surface area contributed by atoms with E-state index in [1.165, 1.54) is 5.56 Å². The van der Waals surface area contributed by atoms with Gasteiger partial charge in [-0.1, -0.05) is 29.8 Å². The Kier molecular flexibility index (Phi) is 2.82. The molecule has 1 aliphatic heterocycles. The molecule has 0 saturated carbocycles. The number of rotatable bonds is 1. The van der Waals surface area contributed by atoms with E-state index >= 15 is 0 Å². The van der Waals surface area contributed by atoms with E-state index in [1.807, 2.05) is 6.07 Å². The van der Waals surface area contributed by atoms with Crippen LogP contribution in [0.25, 0.3) is 0 Å². The van der Waals surface area contributed by atoms with Crippen LogP contribution in [-0.2, 0) is 6.42 Å². The number of halogens is 1. The zero-order chi connectivity index (χ0) is 10.1. The molecule has 2 heteroatoms. The highest BCUT2D eigenvalue weighted by Crippen LogP contribution is 2.31. The Morgan fingerprint density at radius 2 is 2.21 bits per heavy atom. The molecular weight excluding hydrogens is 240 g/mol. The first-order valence-electron chi connectivity index (χ1n) is 5.12. The molecule has 1 aromatic rings. The van der Waals surface area contributed by atoms with Crippen molar-refractivity contribution in [1.29, 1.82) is 0 Å². The number of fused-ring (bicyclic) bond motifs is 1. The average Bonchev–Trinajstić information content (AvgIpc) is 2.16. The molecule has 1 nitrogen and oxygen atoms in total. The van der Waals surface area contributed by atoms with Gasteiger partial charge in [0.2, 0.25) is 0 Å². The summed E-state index contributed by atoms with van der Waals surface area (Å²) in [7, 11) is 0. The van der Waals surface area contributed by atoms with Gasteiger partial charge in [0.25, 0.3) is 0 Å². The van der Waals surface area contributed by atoms with Crippen molar-refractivity contribution < 1.29 is 4.74 Å². The predicted octanol–water partition coefficient (Wildman–Crippen LogP) is 3.80. The van der Waals surface area contributed by atoms with Gasteiger partial charge in [-0.3, -0.25) is 0 Å². The van der Waals surface area contributed by atoms with Crippen LogP contribution < -0.4 is 4.74 Å². The molecule has 0 aliphatic carbocycles. The fourth-order valence-electron chi connectivity index (χ4n) is 1.85. The van der Waals surface area contributed by atoms with Gasteiger partial charge in [0.1, 0.15) is 11.9 Å². The van der Waals surface area contributed by atoms with Gasteiger partial charge in [-0.15, -0.1) is 0 Å². The summed E-state index contributed by atoms with van der Waals surface area (Å²) in [6.07, 6.45) is 2.67. The van der Waals surface area contributed by atoms with Gasteiger partial charge in [-0.2, -0.15) is 0 Å². The number of ether oxygens (including phenoxy) is 1. The highest BCUT2D eigenvalue weighted by atomic mass is 79.9. The monoisotopic (exact) mass is 254 g/mol. The van der Waals surface area contributed by atoms with E-state index in [0.717, 1.165) is 23.1 Å². The van der Waals surface area contributed by atoms with E-state index < -0.39 is 0 Å². The molecule has 0 bridgehead atoms. The van der Waals surface area contributed by atoms with Crippen LogP contribution in [0.1, 0.15) is 25.8 Å². The van der Waals surface area contributed by atoms with Crippen LogP contribution in [0.2, 0.25) is 0 Å². The smallest absolute Gasteiger partial charge is 0.122 e. The molecule has 0 N–H and O–H groups in total. The van der Waals surface area contributed by atoms with Crippen molar-refractivity contribution in [2.75, 3.05) is 0 Å². The first-order valence-corrected chi connectivity index (χ1v) is 5.91. The third kappa shape index (κ3) is 1.95. The van der Waals surface area contributed by atoms with Crippen LogP contribution in [0.5, 0.6) is 5.75 Å². The minimum atomic E-state index is 0.392. The Morgan fingerprint density at radius 3 is 2.93 bits per heavy atom. The summed E-state index contributed by atoms with van der Waals surface area (Å²) in [5, 5.41) is 0. The lowest BCUT2D eigenvalue weighted by Crippen LogP contribution is -2.27.